The zero-order valence-electron chi connectivity index (χ0n) is 20.7. The molecule has 0 aliphatic carbocycles. The van der Waals surface area contributed by atoms with Crippen LogP contribution < -0.4 is 9.47 Å². The van der Waals surface area contributed by atoms with Crippen LogP contribution >= 0.6 is 0 Å². The molecule has 2 aromatic rings. The van der Waals surface area contributed by atoms with Gasteiger partial charge in [0.25, 0.3) is 0 Å². The fourth-order valence-electron chi connectivity index (χ4n) is 3.87. The second-order valence-electron chi connectivity index (χ2n) is 8.44. The highest BCUT2D eigenvalue weighted by molar-refractivity contribution is 6.01. The van der Waals surface area contributed by atoms with E-state index >= 15 is 0 Å². The minimum Gasteiger partial charge on any atom is -0.507 e. The Kier molecular flexibility index (Phi) is 9.45. The Morgan fingerprint density at radius 3 is 2.30 bits per heavy atom. The van der Waals surface area contributed by atoms with Gasteiger partial charge in [0.05, 0.1) is 7.11 Å². The molecule has 5 atom stereocenters. The molecule has 200 valence electrons. The predicted molar refractivity (Wildman–Crippen MR) is 127 cm³/mol. The smallest absolute Gasteiger partial charge is 0.303 e. The van der Waals surface area contributed by atoms with Crippen molar-refractivity contribution < 1.29 is 53.4 Å². The number of methoxy groups -OCH3 is 1. The van der Waals surface area contributed by atoms with Crippen LogP contribution in [-0.2, 0) is 30.2 Å². The molecule has 1 aliphatic heterocycles. The molecule has 0 unspecified atom stereocenters. The van der Waals surface area contributed by atoms with Crippen LogP contribution in [0.1, 0.15) is 36.2 Å². The summed E-state index contributed by atoms with van der Waals surface area (Å²) in [6.07, 6.45) is -7.01. The van der Waals surface area contributed by atoms with Crippen LogP contribution in [0.5, 0.6) is 17.2 Å². The zero-order valence-corrected chi connectivity index (χ0v) is 20.7. The van der Waals surface area contributed by atoms with Crippen LogP contribution in [0.2, 0.25) is 0 Å². The van der Waals surface area contributed by atoms with Crippen molar-refractivity contribution in [1.29, 1.82) is 0 Å². The number of carbonyl (C=O) groups excluding carboxylic acids is 3. The van der Waals surface area contributed by atoms with Gasteiger partial charge in [0.15, 0.2) is 11.9 Å². The van der Waals surface area contributed by atoms with Crippen molar-refractivity contribution >= 4 is 17.7 Å². The number of phenolic OH excluding ortho intramolecular Hbond substituents is 1. The van der Waals surface area contributed by atoms with Gasteiger partial charge in [-0.05, 0) is 36.2 Å². The first-order valence-corrected chi connectivity index (χ1v) is 11.6. The average Bonchev–Trinajstić information content (AvgIpc) is 2.86. The summed E-state index contributed by atoms with van der Waals surface area (Å²) in [6.45, 7) is 1.88. The summed E-state index contributed by atoms with van der Waals surface area (Å²) in [6, 6.07) is 11.4. The molecular formula is C26H30O11. The van der Waals surface area contributed by atoms with Gasteiger partial charge in [-0.25, -0.2) is 0 Å². The Labute approximate surface area is 213 Å². The highest BCUT2D eigenvalue weighted by atomic mass is 16.7. The van der Waals surface area contributed by atoms with Crippen LogP contribution in [0.3, 0.4) is 0 Å². The van der Waals surface area contributed by atoms with E-state index in [2.05, 4.69) is 0 Å². The summed E-state index contributed by atoms with van der Waals surface area (Å²) in [4.78, 5) is 35.8. The molecule has 3 rings (SSSR count). The van der Waals surface area contributed by atoms with E-state index in [1.165, 1.54) is 25.1 Å². The number of hydrogen-bond acceptors (Lipinski definition) is 11. The van der Waals surface area contributed by atoms with Gasteiger partial charge >= 0.3 is 11.9 Å². The fraction of sp³-hybridized carbons (Fsp3) is 0.423. The molecule has 0 bridgehead atoms. The van der Waals surface area contributed by atoms with E-state index in [9.17, 15) is 29.7 Å². The van der Waals surface area contributed by atoms with Gasteiger partial charge in [0.2, 0.25) is 6.29 Å². The highest BCUT2D eigenvalue weighted by Crippen LogP contribution is 2.33. The maximum absolute atomic E-state index is 13.1. The van der Waals surface area contributed by atoms with E-state index in [1.54, 1.807) is 19.2 Å². The lowest BCUT2D eigenvalue weighted by molar-refractivity contribution is -0.282. The van der Waals surface area contributed by atoms with Crippen molar-refractivity contribution in [2.45, 2.75) is 57.4 Å². The van der Waals surface area contributed by atoms with Crippen molar-refractivity contribution in [2.75, 3.05) is 13.7 Å². The summed E-state index contributed by atoms with van der Waals surface area (Å²) in [5, 5.41) is 31.6. The molecule has 37 heavy (non-hydrogen) atoms. The first-order valence-electron chi connectivity index (χ1n) is 11.6. The topological polar surface area (TPSA) is 158 Å². The van der Waals surface area contributed by atoms with Crippen molar-refractivity contribution in [3.63, 3.8) is 0 Å². The maximum atomic E-state index is 13.1. The Hall–Kier alpha value is -3.67. The molecule has 3 N–H and O–H groups in total. The number of esters is 2. The summed E-state index contributed by atoms with van der Waals surface area (Å²) in [5.74, 6) is -1.55. The Balaban J connectivity index is 1.78. The number of ketones is 1. The van der Waals surface area contributed by atoms with E-state index in [4.69, 9.17) is 23.7 Å². The second-order valence-corrected chi connectivity index (χ2v) is 8.44. The number of aliphatic hydroxyl groups is 2. The lowest BCUT2D eigenvalue weighted by Crippen LogP contribution is -2.61. The minimum atomic E-state index is -1.71. The Morgan fingerprint density at radius 1 is 0.973 bits per heavy atom. The molecule has 11 heteroatoms. The fourth-order valence-corrected chi connectivity index (χ4v) is 3.87. The standard InChI is InChI=1S/C26H30O11/c1-14(27)34-13-21-25(35-15(2)28)23(31)24(32)26(37-21)36-20-6-4-5-18(29)22(20)19(30)12-9-16-7-10-17(33-3)11-8-16/h4-8,10-11,21,23-26,29,31-32H,9,12-13H2,1-3H3/t21-,23-,24-,25-,26-/m1/s1. The van der Waals surface area contributed by atoms with Crippen molar-refractivity contribution in [3.8, 4) is 17.2 Å². The van der Waals surface area contributed by atoms with Crippen molar-refractivity contribution in [1.82, 2.24) is 0 Å². The molecule has 2 aromatic carbocycles. The predicted octanol–water partition coefficient (Wildman–Crippen LogP) is 1.54. The second kappa shape index (κ2) is 12.5. The molecule has 0 aromatic heterocycles. The number of ether oxygens (including phenoxy) is 5. The molecule has 0 saturated carbocycles. The SMILES string of the molecule is COc1ccc(CCC(=O)c2c(O)cccc2O[C@@H]2O[C@H](COC(C)=O)[C@@H](OC(C)=O)[C@H](O)[C@H]2O)cc1. The summed E-state index contributed by atoms with van der Waals surface area (Å²) < 4.78 is 26.5. The van der Waals surface area contributed by atoms with Gasteiger partial charge < -0.3 is 39.0 Å². The first kappa shape index (κ1) is 27.9. The molecule has 0 spiro atoms. The largest absolute Gasteiger partial charge is 0.507 e. The third-order valence-electron chi connectivity index (χ3n) is 5.72. The van der Waals surface area contributed by atoms with E-state index in [0.717, 1.165) is 12.5 Å². The number of aromatic hydroxyl groups is 1. The molecule has 0 radical (unpaired) electrons. The normalized spacial score (nSPS) is 23.1. The molecular weight excluding hydrogens is 488 g/mol. The van der Waals surface area contributed by atoms with E-state index in [-0.39, 0.29) is 23.5 Å². The van der Waals surface area contributed by atoms with Crippen molar-refractivity contribution in [2.24, 2.45) is 0 Å². The number of benzene rings is 2. The molecule has 1 heterocycles. The van der Waals surface area contributed by atoms with Gasteiger partial charge in [0, 0.05) is 20.3 Å². The van der Waals surface area contributed by atoms with E-state index in [1.807, 2.05) is 12.1 Å². The number of phenols is 1. The van der Waals surface area contributed by atoms with Crippen molar-refractivity contribution in [3.05, 3.63) is 53.6 Å². The first-order chi connectivity index (χ1) is 17.6. The van der Waals surface area contributed by atoms with Gasteiger partial charge in [-0.3, -0.25) is 14.4 Å². The molecule has 1 saturated heterocycles. The number of hydrogen-bond donors (Lipinski definition) is 3. The summed E-state index contributed by atoms with van der Waals surface area (Å²) in [7, 11) is 1.55. The molecule has 1 aliphatic rings. The van der Waals surface area contributed by atoms with E-state index in [0.29, 0.717) is 12.2 Å². The van der Waals surface area contributed by atoms with Crippen LogP contribution in [0.4, 0.5) is 0 Å². The quantitative estimate of drug-likeness (QED) is 0.309. The monoisotopic (exact) mass is 518 g/mol. The van der Waals surface area contributed by atoms with E-state index < -0.39 is 55.0 Å². The maximum Gasteiger partial charge on any atom is 0.303 e. The van der Waals surface area contributed by atoms with Gasteiger partial charge in [-0.15, -0.1) is 0 Å². The molecule has 11 nitrogen and oxygen atoms in total. The van der Waals surface area contributed by atoms with Crippen LogP contribution in [0, 0.1) is 0 Å². The zero-order chi connectivity index (χ0) is 27.1. The van der Waals surface area contributed by atoms with Gasteiger partial charge in [-0.1, -0.05) is 18.2 Å². The Bertz CT molecular complexity index is 1100. The number of carbonyl (C=O) groups is 3. The Morgan fingerprint density at radius 2 is 1.68 bits per heavy atom. The summed E-state index contributed by atoms with van der Waals surface area (Å²) in [5.41, 5.74) is 0.756. The third-order valence-corrected chi connectivity index (χ3v) is 5.72. The third kappa shape index (κ3) is 7.19. The highest BCUT2D eigenvalue weighted by Gasteiger charge is 2.48. The van der Waals surface area contributed by atoms with Gasteiger partial charge in [-0.2, -0.15) is 0 Å². The number of rotatable bonds is 10. The molecule has 1 fully saturated rings. The number of aliphatic hydroxyl groups excluding tert-OH is 2. The van der Waals surface area contributed by atoms with Crippen LogP contribution in [0.25, 0.3) is 0 Å². The summed E-state index contributed by atoms with van der Waals surface area (Å²) >= 11 is 0. The number of aryl methyl sites for hydroxylation is 1. The lowest BCUT2D eigenvalue weighted by atomic mass is 9.98. The number of Topliss-reactive ketones (excluding diaryl/α,β-unsaturated/α-hetero) is 1. The lowest BCUT2D eigenvalue weighted by Gasteiger charge is -2.41. The van der Waals surface area contributed by atoms with Crippen LogP contribution in [-0.4, -0.2) is 77.5 Å². The average molecular weight is 519 g/mol. The molecule has 0 amide bonds. The minimum absolute atomic E-state index is 0.0422. The van der Waals surface area contributed by atoms with Crippen LogP contribution in [0.15, 0.2) is 42.5 Å². The van der Waals surface area contributed by atoms with Gasteiger partial charge in [0.1, 0.15) is 47.7 Å².